The zero-order valence-electron chi connectivity index (χ0n) is 42.9. The Labute approximate surface area is 420 Å². The zero-order chi connectivity index (χ0) is 52.6. The third kappa shape index (κ3) is 25.7. The molecule has 0 saturated heterocycles. The number of rotatable bonds is 38. The normalized spacial score (nSPS) is 12.8. The molecular formula is C49H85N11O9S. The van der Waals surface area contributed by atoms with Crippen LogP contribution in [0.5, 0.6) is 0 Å². The first-order valence-corrected chi connectivity index (χ1v) is 25.8. The van der Waals surface area contributed by atoms with Gasteiger partial charge in [-0.3, -0.25) is 38.4 Å². The number of carbonyl (C=O) groups is 8. The molecule has 1 rings (SSSR count). The van der Waals surface area contributed by atoms with Crippen LogP contribution in [0.15, 0.2) is 43.0 Å². The maximum absolute atomic E-state index is 14.2. The molecule has 1 aromatic carbocycles. The fraction of sp³-hybridized carbons (Fsp3) is 0.673. The molecule has 8 amide bonds. The number of methoxy groups -OCH3 is 1. The van der Waals surface area contributed by atoms with E-state index in [2.05, 4.69) is 27.8 Å². The maximum Gasteiger partial charge on any atom is 0.243 e. The van der Waals surface area contributed by atoms with Gasteiger partial charge in [-0.25, -0.2) is 0 Å². The highest BCUT2D eigenvalue weighted by Gasteiger charge is 2.31. The second-order valence-electron chi connectivity index (χ2n) is 18.2. The number of nitrogens with two attached hydrogens (primary N) is 3. The summed E-state index contributed by atoms with van der Waals surface area (Å²) in [7, 11) is 1.44. The van der Waals surface area contributed by atoms with Crippen molar-refractivity contribution in [2.75, 3.05) is 97.7 Å². The second-order valence-corrected chi connectivity index (χ2v) is 19.2. The summed E-state index contributed by atoms with van der Waals surface area (Å²) in [4.78, 5) is 114. The Hall–Kier alpha value is -5.09. The number of hydrogen-bond donors (Lipinski definition) is 7. The minimum atomic E-state index is -1.12. The Bertz CT molecular complexity index is 1770. The SMILES string of the molecule is C=CCN(CC(=O)N(CC(=O)N(CC(=O)N(CCOC)CC(=O)N[C@@H](CCCCN)C(=O)N[C@@H](CCCCN)C(=O)N[C@@H](CCSC)C(N)=O)CC(C)C)CC(C)C)C(=O)CNC(C)c1ccccc1. The lowest BCUT2D eigenvalue weighted by molar-refractivity contribution is -0.147. The quantitative estimate of drug-likeness (QED) is 0.0356. The van der Waals surface area contributed by atoms with Crippen LogP contribution in [0.25, 0.3) is 0 Å². The topological polar surface area (TPSA) is 285 Å². The number of amides is 8. The van der Waals surface area contributed by atoms with Crippen LogP contribution in [0, 0.1) is 11.8 Å². The molecule has 21 heteroatoms. The van der Waals surface area contributed by atoms with Gasteiger partial charge in [-0.15, -0.1) is 6.58 Å². The highest BCUT2D eigenvalue weighted by atomic mass is 32.2. The summed E-state index contributed by atoms with van der Waals surface area (Å²) in [5, 5.41) is 11.4. The second kappa shape index (κ2) is 35.9. The number of thioether (sulfide) groups is 1. The van der Waals surface area contributed by atoms with Gasteiger partial charge >= 0.3 is 0 Å². The van der Waals surface area contributed by atoms with Gasteiger partial charge in [0.1, 0.15) is 24.7 Å². The predicted molar refractivity (Wildman–Crippen MR) is 275 cm³/mol. The van der Waals surface area contributed by atoms with Crippen molar-refractivity contribution in [3.63, 3.8) is 0 Å². The molecule has 10 N–H and O–H groups in total. The Morgan fingerprint density at radius 3 is 1.64 bits per heavy atom. The maximum atomic E-state index is 14.2. The monoisotopic (exact) mass is 1000 g/mol. The molecule has 0 aromatic heterocycles. The summed E-state index contributed by atoms with van der Waals surface area (Å²) >= 11 is 1.49. The van der Waals surface area contributed by atoms with E-state index in [1.807, 2.05) is 71.2 Å². The van der Waals surface area contributed by atoms with Gasteiger partial charge in [-0.2, -0.15) is 11.8 Å². The standard InChI is InChI=1S/C49H85N11O9S/c1-9-24-57(43(62)28-53-37(6)38-17-11-10-12-18-38)32-45(64)60(30-36(4)5)34-46(65)59(29-35(2)3)33-44(63)58(25-26-69-7)31-42(61)54-40(19-13-15-22-50)48(67)56-41(20-14-16-23-51)49(68)55-39(47(52)66)21-27-70-8/h9-12,17-18,35-37,39-41,53H,1,13-16,19-34,50-51H2,2-8H3,(H2,52,66)(H,54,61)(H,55,68)(H,56,67)/t37?,39-,40-,41-/m0/s1. The summed E-state index contributed by atoms with van der Waals surface area (Å²) in [6.45, 7) is 12.9. The van der Waals surface area contributed by atoms with Gasteiger partial charge in [0.15, 0.2) is 0 Å². The molecule has 0 spiro atoms. The number of nitrogens with one attached hydrogen (secondary N) is 4. The van der Waals surface area contributed by atoms with Crippen molar-refractivity contribution in [3.05, 3.63) is 48.6 Å². The summed E-state index contributed by atoms with van der Waals surface area (Å²) < 4.78 is 5.26. The van der Waals surface area contributed by atoms with Crippen LogP contribution in [-0.4, -0.2) is 183 Å². The van der Waals surface area contributed by atoms with Crippen LogP contribution >= 0.6 is 11.8 Å². The first-order valence-electron chi connectivity index (χ1n) is 24.4. The lowest BCUT2D eigenvalue weighted by Crippen LogP contribution is -2.57. The van der Waals surface area contributed by atoms with Crippen LogP contribution in [-0.2, 0) is 43.1 Å². The predicted octanol–water partition coefficient (Wildman–Crippen LogP) is 0.747. The first-order chi connectivity index (χ1) is 33.3. The zero-order valence-corrected chi connectivity index (χ0v) is 43.7. The lowest BCUT2D eigenvalue weighted by Gasteiger charge is -2.32. The Morgan fingerprint density at radius 1 is 0.671 bits per heavy atom. The van der Waals surface area contributed by atoms with Crippen LogP contribution in [0.2, 0.25) is 0 Å². The molecule has 1 aromatic rings. The molecule has 0 aliphatic rings. The first kappa shape index (κ1) is 62.9. The molecule has 396 valence electrons. The largest absolute Gasteiger partial charge is 0.383 e. The smallest absolute Gasteiger partial charge is 0.243 e. The minimum absolute atomic E-state index is 0.0262. The number of benzene rings is 1. The average molecular weight is 1000 g/mol. The van der Waals surface area contributed by atoms with Crippen molar-refractivity contribution in [2.45, 2.75) is 104 Å². The van der Waals surface area contributed by atoms with E-state index < -0.39 is 72.6 Å². The van der Waals surface area contributed by atoms with Crippen LogP contribution < -0.4 is 38.5 Å². The molecule has 20 nitrogen and oxygen atoms in total. The molecular weight excluding hydrogens is 919 g/mol. The third-order valence-electron chi connectivity index (χ3n) is 11.1. The van der Waals surface area contributed by atoms with E-state index in [4.69, 9.17) is 21.9 Å². The highest BCUT2D eigenvalue weighted by Crippen LogP contribution is 2.13. The summed E-state index contributed by atoms with van der Waals surface area (Å²) in [5.74, 6) is -4.02. The molecule has 1 unspecified atom stereocenters. The van der Waals surface area contributed by atoms with E-state index in [1.165, 1.54) is 44.5 Å². The van der Waals surface area contributed by atoms with Crippen molar-refractivity contribution in [1.29, 1.82) is 0 Å². The van der Waals surface area contributed by atoms with E-state index in [1.54, 1.807) is 0 Å². The van der Waals surface area contributed by atoms with E-state index >= 15 is 0 Å². The molecule has 0 saturated carbocycles. The van der Waals surface area contributed by atoms with Gasteiger partial charge in [-0.05, 0) is 94.4 Å². The Morgan fingerprint density at radius 2 is 1.17 bits per heavy atom. The summed E-state index contributed by atoms with van der Waals surface area (Å²) in [6, 6.07) is 6.39. The number of nitrogens with zero attached hydrogens (tertiary/aromatic N) is 4. The molecule has 4 atom stereocenters. The van der Waals surface area contributed by atoms with Gasteiger partial charge in [0.2, 0.25) is 47.3 Å². The number of primary amides is 1. The van der Waals surface area contributed by atoms with Crippen molar-refractivity contribution in [3.8, 4) is 0 Å². The number of hydrogen-bond acceptors (Lipinski definition) is 13. The van der Waals surface area contributed by atoms with Gasteiger partial charge in [-0.1, -0.05) is 64.1 Å². The summed E-state index contributed by atoms with van der Waals surface area (Å²) in [5.41, 5.74) is 18.0. The van der Waals surface area contributed by atoms with E-state index in [-0.39, 0.29) is 89.0 Å². The average Bonchev–Trinajstić information content (AvgIpc) is 3.31. The number of ether oxygens (including phenoxy) is 1. The fourth-order valence-electron chi connectivity index (χ4n) is 7.30. The molecule has 0 aliphatic carbocycles. The van der Waals surface area contributed by atoms with Crippen LogP contribution in [0.4, 0.5) is 0 Å². The van der Waals surface area contributed by atoms with Gasteiger partial charge in [0, 0.05) is 39.3 Å². The minimum Gasteiger partial charge on any atom is -0.383 e. The molecule has 0 bridgehead atoms. The van der Waals surface area contributed by atoms with Crippen LogP contribution in [0.1, 0.15) is 91.2 Å². The number of carbonyl (C=O) groups excluding carboxylic acids is 8. The van der Waals surface area contributed by atoms with Gasteiger partial charge in [0.05, 0.1) is 32.8 Å². The lowest BCUT2D eigenvalue weighted by atomic mass is 10.0. The van der Waals surface area contributed by atoms with Crippen molar-refractivity contribution in [1.82, 2.24) is 40.9 Å². The highest BCUT2D eigenvalue weighted by molar-refractivity contribution is 7.98. The van der Waals surface area contributed by atoms with Crippen LogP contribution in [0.3, 0.4) is 0 Å². The Balaban J connectivity index is 3.29. The molecule has 0 aliphatic heterocycles. The van der Waals surface area contributed by atoms with E-state index in [0.29, 0.717) is 50.9 Å². The summed E-state index contributed by atoms with van der Waals surface area (Å²) in [6.07, 6.45) is 6.15. The molecule has 70 heavy (non-hydrogen) atoms. The van der Waals surface area contributed by atoms with E-state index in [0.717, 1.165) is 5.56 Å². The Kier molecular flexibility index (Phi) is 32.3. The van der Waals surface area contributed by atoms with Crippen molar-refractivity contribution < 1.29 is 43.1 Å². The van der Waals surface area contributed by atoms with Gasteiger partial charge in [0.25, 0.3) is 0 Å². The van der Waals surface area contributed by atoms with E-state index in [9.17, 15) is 38.4 Å². The number of unbranched alkanes of at least 4 members (excludes halogenated alkanes) is 2. The molecule has 0 fully saturated rings. The fourth-order valence-corrected chi connectivity index (χ4v) is 7.77. The molecule has 0 heterocycles. The van der Waals surface area contributed by atoms with Gasteiger partial charge < -0.3 is 62.8 Å². The van der Waals surface area contributed by atoms with Crippen molar-refractivity contribution >= 4 is 59.0 Å². The van der Waals surface area contributed by atoms with Crippen molar-refractivity contribution in [2.24, 2.45) is 29.0 Å². The molecule has 0 radical (unpaired) electrons. The third-order valence-corrected chi connectivity index (χ3v) is 11.8.